The van der Waals surface area contributed by atoms with Crippen LogP contribution in [-0.4, -0.2) is 24.1 Å². The number of benzene rings is 14. The van der Waals surface area contributed by atoms with Crippen molar-refractivity contribution in [3.63, 3.8) is 0 Å². The maximum atomic E-state index is 10.3. The van der Waals surface area contributed by atoms with Crippen molar-refractivity contribution in [2.75, 3.05) is 0 Å². The molecule has 446 valence electrons. The van der Waals surface area contributed by atoms with Gasteiger partial charge in [-0.1, -0.05) is 249 Å². The third-order valence-corrected chi connectivity index (χ3v) is 21.1. The molecule has 6 nitrogen and oxygen atoms in total. The average molecular weight is 1260 g/mol. The molecule has 0 unspecified atom stereocenters. The number of nitrogens with zero attached hydrogens (tertiary/aromatic N) is 6. The summed E-state index contributed by atoms with van der Waals surface area (Å²) < 4.78 is 57.9. The van der Waals surface area contributed by atoms with E-state index in [9.17, 15) is 13.4 Å². The van der Waals surface area contributed by atoms with E-state index in [1.165, 1.54) is 0 Å². The van der Waals surface area contributed by atoms with Crippen LogP contribution >= 0.6 is 22.7 Å². The van der Waals surface area contributed by atoms with Crippen molar-refractivity contribution in [2.24, 2.45) is 0 Å². The van der Waals surface area contributed by atoms with Gasteiger partial charge in [-0.3, -0.25) is 0 Å². The van der Waals surface area contributed by atoms with E-state index in [1.807, 2.05) is 97.1 Å². The molecule has 0 atom stereocenters. The Morgan fingerprint density at radius 2 is 0.677 bits per heavy atom. The third-order valence-electron chi connectivity index (χ3n) is 18.7. The molecule has 0 saturated heterocycles. The second kappa shape index (κ2) is 22.4. The van der Waals surface area contributed by atoms with E-state index < -0.39 is 30.2 Å². The van der Waals surface area contributed by atoms with Crippen molar-refractivity contribution in [3.05, 3.63) is 327 Å². The summed E-state index contributed by atoms with van der Waals surface area (Å²) in [6.45, 7) is 9.83. The molecule has 5 heterocycles. The molecule has 0 aliphatic carbocycles. The smallest absolute Gasteiger partial charge is 0.213 e. The highest BCUT2D eigenvalue weighted by atomic mass is 32.1. The van der Waals surface area contributed by atoms with Crippen LogP contribution in [0.1, 0.15) is 6.85 Å². The Labute approximate surface area is 567 Å². The first kappa shape index (κ1) is 50.2. The van der Waals surface area contributed by atoms with Gasteiger partial charge in [-0.15, -0.1) is 22.7 Å². The summed E-state index contributed by atoms with van der Waals surface area (Å²) in [5.41, 5.74) is 14.3. The van der Waals surface area contributed by atoms with Gasteiger partial charge in [0.25, 0.3) is 0 Å². The van der Waals surface area contributed by atoms with Gasteiger partial charge in [0.2, 0.25) is 5.69 Å². The lowest BCUT2D eigenvalue weighted by Gasteiger charge is -2.25. The van der Waals surface area contributed by atoms with Gasteiger partial charge in [-0.25, -0.2) is 19.8 Å². The van der Waals surface area contributed by atoms with E-state index in [4.69, 9.17) is 15.0 Å². The number of hydrogen-bond donors (Lipinski definition) is 0. The fraction of sp³-hybridized carbons (Fsp3) is 0. The topological polar surface area (TPSA) is 52.9 Å². The zero-order valence-electron chi connectivity index (χ0n) is 56.1. The summed E-state index contributed by atoms with van der Waals surface area (Å²) >= 11 is 3.46. The molecule has 0 spiro atoms. The van der Waals surface area contributed by atoms with Gasteiger partial charge in [-0.2, -0.15) is 0 Å². The number of fused-ring (bicyclic) bond motifs is 14. The standard InChI is InChI=1S/C88H52N6S2/c1-89-72-53-71(88-91-86(59-33-19-7-20-34-59)90-87(92-88)60-35-21-8-22-36-60)79(58-31-17-6-18-32-58)83(94-74-44-38-62(55-25-11-3-12-26-55)52-70(74)81-76(94)46-42-66-68-50-64(57-29-15-5-16-30-57)40-48-78(68)96-85(66)81)82(72)93-73-43-37-61(54-23-9-2-10-24-54)51-69(73)80-75(93)45-41-65-67-49-63(56-27-13-4-14-28-56)39-47-77(67)95-84(65)80/h2-53H/i6D,17D,18D,31D,32D. The Morgan fingerprint density at radius 1 is 0.312 bits per heavy atom. The maximum absolute atomic E-state index is 10.3. The highest BCUT2D eigenvalue weighted by Gasteiger charge is 2.32. The first-order chi connectivity index (χ1) is 49.6. The van der Waals surface area contributed by atoms with Gasteiger partial charge in [0.15, 0.2) is 17.5 Å². The normalized spacial score (nSPS) is 12.5. The van der Waals surface area contributed by atoms with E-state index >= 15 is 0 Å². The van der Waals surface area contributed by atoms with E-state index in [0.717, 1.165) is 128 Å². The lowest BCUT2D eigenvalue weighted by Crippen LogP contribution is -2.09. The van der Waals surface area contributed by atoms with Crippen molar-refractivity contribution in [2.45, 2.75) is 0 Å². The lowest BCUT2D eigenvalue weighted by molar-refractivity contribution is 1.07. The summed E-state index contributed by atoms with van der Waals surface area (Å²) in [6, 6.07) is 95.4. The lowest BCUT2D eigenvalue weighted by atomic mass is 9.93. The van der Waals surface area contributed by atoms with Crippen molar-refractivity contribution in [1.82, 2.24) is 24.1 Å². The predicted octanol–water partition coefficient (Wildman–Crippen LogP) is 24.7. The Hall–Kier alpha value is -12.4. The maximum Gasteiger partial charge on any atom is 0.213 e. The van der Waals surface area contributed by atoms with Crippen LogP contribution in [0.25, 0.3) is 190 Å². The molecule has 0 aliphatic rings. The highest BCUT2D eigenvalue weighted by Crippen LogP contribution is 2.54. The molecule has 0 radical (unpaired) electrons. The van der Waals surface area contributed by atoms with Crippen molar-refractivity contribution in [1.29, 1.82) is 0 Å². The first-order valence-corrected chi connectivity index (χ1v) is 33.4. The van der Waals surface area contributed by atoms with Crippen LogP contribution < -0.4 is 0 Å². The molecule has 96 heavy (non-hydrogen) atoms. The molecule has 0 N–H and O–H groups in total. The molecule has 5 aromatic heterocycles. The second-order valence-corrected chi connectivity index (χ2v) is 26.2. The Morgan fingerprint density at radius 3 is 1.09 bits per heavy atom. The molecule has 8 heteroatoms. The molecule has 0 saturated carbocycles. The van der Waals surface area contributed by atoms with E-state index in [1.54, 1.807) is 28.7 Å². The number of rotatable bonds is 10. The van der Waals surface area contributed by atoms with Crippen molar-refractivity contribution >= 4 is 112 Å². The van der Waals surface area contributed by atoms with Crippen LogP contribution in [0.4, 0.5) is 5.69 Å². The molecule has 14 aromatic carbocycles. The quantitative estimate of drug-likeness (QED) is 0.128. The van der Waals surface area contributed by atoms with Crippen LogP contribution in [0.5, 0.6) is 0 Å². The van der Waals surface area contributed by atoms with E-state index in [2.05, 4.69) is 196 Å². The molecular weight excluding hydrogens is 1210 g/mol. The predicted molar refractivity (Wildman–Crippen MR) is 404 cm³/mol. The second-order valence-electron chi connectivity index (χ2n) is 24.1. The fourth-order valence-corrected chi connectivity index (χ4v) is 16.8. The summed E-state index contributed by atoms with van der Waals surface area (Å²) in [5, 5.41) is 8.13. The largest absolute Gasteiger partial charge is 0.317 e. The van der Waals surface area contributed by atoms with E-state index in [0.29, 0.717) is 34.2 Å². The minimum Gasteiger partial charge on any atom is -0.317 e. The number of aromatic nitrogens is 5. The van der Waals surface area contributed by atoms with Crippen LogP contribution in [-0.2, 0) is 0 Å². The molecule has 19 aromatic rings. The van der Waals surface area contributed by atoms with Crippen molar-refractivity contribution in [3.8, 4) is 101 Å². The molecule has 0 aliphatic heterocycles. The summed E-state index contributed by atoms with van der Waals surface area (Å²) in [4.78, 5) is 20.6. The Kier molecular flexibility index (Phi) is 11.7. The molecular formula is C88H52N6S2. The molecule has 0 bridgehead atoms. The minimum absolute atomic E-state index is 0.0951. The monoisotopic (exact) mass is 1260 g/mol. The zero-order chi connectivity index (χ0) is 67.7. The van der Waals surface area contributed by atoms with Gasteiger partial charge in [0.05, 0.1) is 46.9 Å². The van der Waals surface area contributed by atoms with Crippen molar-refractivity contribution < 1.29 is 6.85 Å². The first-order valence-electron chi connectivity index (χ1n) is 34.3. The van der Waals surface area contributed by atoms with Gasteiger partial charge in [0, 0.05) is 84.1 Å². The summed E-state index contributed by atoms with van der Waals surface area (Å²) in [5.74, 6) is 0.801. The number of hydrogen-bond acceptors (Lipinski definition) is 5. The fourth-order valence-electron chi connectivity index (χ4n) is 14.3. The van der Waals surface area contributed by atoms with Gasteiger partial charge in [0.1, 0.15) is 0 Å². The highest BCUT2D eigenvalue weighted by molar-refractivity contribution is 7.27. The Balaban J connectivity index is 1.03. The third kappa shape index (κ3) is 8.94. The number of thiophene rings is 2. The molecule has 0 amide bonds. The summed E-state index contributed by atoms with van der Waals surface area (Å²) in [6.07, 6.45) is 0. The van der Waals surface area contributed by atoms with Gasteiger partial charge >= 0.3 is 0 Å². The SMILES string of the molecule is [2H]c1c([2H])c([2H])c(-c2c(-c3nc(-c4ccccc4)nc(-c4ccccc4)n3)cc([N+]#[C-])c(-n3c4ccc(-c5ccccc5)cc4c4c5sc6ccc(-c7ccccc7)cc6c5ccc43)c2-n2c3ccc(-c4ccccc4)cc3c3c4sc5ccc(-c6ccccc6)cc5c4ccc32)c([2H])c1[2H]. The van der Waals surface area contributed by atoms with Crippen LogP contribution in [0, 0.1) is 6.57 Å². The van der Waals surface area contributed by atoms with Crippen LogP contribution in [0.3, 0.4) is 0 Å². The molecule has 19 rings (SSSR count). The van der Waals surface area contributed by atoms with E-state index in [-0.39, 0.29) is 28.2 Å². The zero-order valence-corrected chi connectivity index (χ0v) is 52.8. The van der Waals surface area contributed by atoms with Gasteiger partial charge in [-0.05, 0) is 117 Å². The summed E-state index contributed by atoms with van der Waals surface area (Å²) in [7, 11) is 0. The minimum atomic E-state index is -0.546. The molecule has 0 fully saturated rings. The van der Waals surface area contributed by atoms with Gasteiger partial charge < -0.3 is 9.13 Å². The average Bonchev–Trinajstić information content (AvgIpc) is 1.57. The van der Waals surface area contributed by atoms with Crippen LogP contribution in [0.15, 0.2) is 315 Å². The Bertz CT molecular complexity index is 6600. The van der Waals surface area contributed by atoms with Crippen LogP contribution in [0.2, 0.25) is 0 Å².